The molecule has 1 fully saturated rings. The SMILES string of the molecule is CN1CCN(CC#CCc2ccc3n4ccc5c4c(cnc-3c2=O)CCC5)CC1. The first-order chi connectivity index (χ1) is 14.2. The van der Waals surface area contributed by atoms with Crippen molar-refractivity contribution in [3.05, 3.63) is 57.5 Å². The average Bonchev–Trinajstić information content (AvgIpc) is 3.09. The van der Waals surface area contributed by atoms with Crippen LogP contribution in [0.25, 0.3) is 16.9 Å². The van der Waals surface area contributed by atoms with E-state index in [4.69, 9.17) is 0 Å². The lowest BCUT2D eigenvalue weighted by Gasteiger charge is -2.30. The summed E-state index contributed by atoms with van der Waals surface area (Å²) in [4.78, 5) is 22.4. The molecule has 148 valence electrons. The lowest BCUT2D eigenvalue weighted by atomic mass is 9.98. The Morgan fingerprint density at radius 2 is 1.86 bits per heavy atom. The van der Waals surface area contributed by atoms with Gasteiger partial charge < -0.3 is 9.30 Å². The van der Waals surface area contributed by atoms with Crippen LogP contribution in [0.1, 0.15) is 23.1 Å². The standard InChI is InChI=1S/C24H26N4O/c1-26-13-15-27(16-14-26)11-3-2-5-19-8-9-21-22(24(19)29)25-17-20-7-4-6-18-10-12-28(21)23(18)20/h8-10,12,17H,4-7,11,13-16H2,1H3. The number of fused-ring (bicyclic) bond motifs is 2. The van der Waals surface area contributed by atoms with Crippen molar-refractivity contribution in [3.8, 4) is 23.2 Å². The lowest BCUT2D eigenvalue weighted by molar-refractivity contribution is 0.168. The molecule has 0 saturated carbocycles. The van der Waals surface area contributed by atoms with Crippen LogP contribution in [0.3, 0.4) is 0 Å². The van der Waals surface area contributed by atoms with Crippen LogP contribution in [-0.4, -0.2) is 59.0 Å². The summed E-state index contributed by atoms with van der Waals surface area (Å²) < 4.78 is 2.15. The third-order valence-electron chi connectivity index (χ3n) is 6.27. The third kappa shape index (κ3) is 3.43. The van der Waals surface area contributed by atoms with Gasteiger partial charge >= 0.3 is 0 Å². The Morgan fingerprint density at radius 1 is 1.03 bits per heavy atom. The van der Waals surface area contributed by atoms with E-state index in [0.29, 0.717) is 12.1 Å². The van der Waals surface area contributed by atoms with E-state index in [1.807, 2.05) is 18.3 Å². The molecule has 1 aromatic heterocycles. The molecular weight excluding hydrogens is 360 g/mol. The molecule has 0 aromatic carbocycles. The van der Waals surface area contributed by atoms with E-state index < -0.39 is 0 Å². The molecule has 5 rings (SSSR count). The Morgan fingerprint density at radius 3 is 2.72 bits per heavy atom. The second-order valence-electron chi connectivity index (χ2n) is 8.23. The highest BCUT2D eigenvalue weighted by Crippen LogP contribution is 2.28. The molecule has 5 nitrogen and oxygen atoms in total. The molecule has 0 atom stereocenters. The van der Waals surface area contributed by atoms with E-state index in [1.54, 1.807) is 0 Å². The van der Waals surface area contributed by atoms with Crippen LogP contribution in [0.4, 0.5) is 0 Å². The molecule has 0 unspecified atom stereocenters. The van der Waals surface area contributed by atoms with Gasteiger partial charge in [-0.1, -0.05) is 17.9 Å². The van der Waals surface area contributed by atoms with E-state index in [-0.39, 0.29) is 5.43 Å². The van der Waals surface area contributed by atoms with Crippen molar-refractivity contribution in [1.29, 1.82) is 0 Å². The van der Waals surface area contributed by atoms with Gasteiger partial charge in [-0.2, -0.15) is 0 Å². The summed E-state index contributed by atoms with van der Waals surface area (Å²) in [6.07, 6.45) is 7.74. The fourth-order valence-electron chi connectivity index (χ4n) is 4.48. The topological polar surface area (TPSA) is 40.9 Å². The Balaban J connectivity index is 1.42. The van der Waals surface area contributed by atoms with Crippen molar-refractivity contribution >= 4 is 5.52 Å². The maximum atomic E-state index is 13.1. The smallest absolute Gasteiger partial charge is 0.210 e. The lowest BCUT2D eigenvalue weighted by Crippen LogP contribution is -2.44. The van der Waals surface area contributed by atoms with Crippen molar-refractivity contribution < 1.29 is 0 Å². The highest BCUT2D eigenvalue weighted by molar-refractivity contribution is 5.70. The summed E-state index contributed by atoms with van der Waals surface area (Å²) in [6.45, 7) is 5.09. The number of nitrogens with zero attached hydrogens (tertiary/aromatic N) is 4. The first-order valence-corrected chi connectivity index (χ1v) is 10.5. The fourth-order valence-corrected chi connectivity index (χ4v) is 4.48. The zero-order valence-corrected chi connectivity index (χ0v) is 16.9. The Labute approximate surface area is 171 Å². The van der Waals surface area contributed by atoms with Crippen LogP contribution < -0.4 is 5.43 Å². The van der Waals surface area contributed by atoms with E-state index >= 15 is 0 Å². The van der Waals surface area contributed by atoms with Crippen molar-refractivity contribution in [3.63, 3.8) is 0 Å². The molecule has 3 heterocycles. The minimum absolute atomic E-state index is 0.00865. The summed E-state index contributed by atoms with van der Waals surface area (Å²) in [6, 6.07) is 6.14. The molecule has 1 saturated heterocycles. The van der Waals surface area contributed by atoms with E-state index in [1.165, 1.54) is 16.6 Å². The van der Waals surface area contributed by atoms with Crippen molar-refractivity contribution in [2.24, 2.45) is 0 Å². The van der Waals surface area contributed by atoms with Crippen LogP contribution in [0.2, 0.25) is 0 Å². The Hall–Kier alpha value is -2.68. The van der Waals surface area contributed by atoms with Gasteiger partial charge in [-0.05, 0) is 49.6 Å². The summed E-state index contributed by atoms with van der Waals surface area (Å²) in [5.41, 5.74) is 6.01. The molecule has 0 spiro atoms. The van der Waals surface area contributed by atoms with Crippen LogP contribution >= 0.6 is 0 Å². The minimum atomic E-state index is 0.00865. The number of hydrogen-bond donors (Lipinski definition) is 0. The predicted octanol–water partition coefficient (Wildman–Crippen LogP) is 2.08. The molecule has 2 aliphatic heterocycles. The highest BCUT2D eigenvalue weighted by Gasteiger charge is 2.19. The van der Waals surface area contributed by atoms with Crippen LogP contribution in [0.15, 0.2) is 35.4 Å². The van der Waals surface area contributed by atoms with Gasteiger partial charge in [0.2, 0.25) is 5.43 Å². The molecule has 1 aromatic rings. The first kappa shape index (κ1) is 18.4. The van der Waals surface area contributed by atoms with Crippen LogP contribution in [-0.2, 0) is 19.3 Å². The number of aromatic nitrogens is 2. The largest absolute Gasteiger partial charge is 0.314 e. The van der Waals surface area contributed by atoms with Gasteiger partial charge in [-0.25, -0.2) is 0 Å². The number of rotatable bonds is 2. The van der Waals surface area contributed by atoms with E-state index in [2.05, 4.69) is 50.3 Å². The van der Waals surface area contributed by atoms with Crippen molar-refractivity contribution in [2.75, 3.05) is 39.8 Å². The molecule has 0 radical (unpaired) electrons. The van der Waals surface area contributed by atoms with Gasteiger partial charge in [-0.3, -0.25) is 14.7 Å². The molecule has 2 aliphatic carbocycles. The Kier molecular flexibility index (Phi) is 4.83. The Bertz CT molecular complexity index is 1150. The molecule has 4 aliphatic rings. The summed E-state index contributed by atoms with van der Waals surface area (Å²) in [7, 11) is 2.16. The van der Waals surface area contributed by atoms with Gasteiger partial charge in [0.05, 0.1) is 17.8 Å². The molecule has 0 N–H and O–H groups in total. The predicted molar refractivity (Wildman–Crippen MR) is 116 cm³/mol. The summed E-state index contributed by atoms with van der Waals surface area (Å²) in [5.74, 6) is 6.46. The van der Waals surface area contributed by atoms with Crippen LogP contribution in [0.5, 0.6) is 0 Å². The summed E-state index contributed by atoms with van der Waals surface area (Å²) >= 11 is 0. The average molecular weight is 386 g/mol. The normalized spacial score (nSPS) is 17.4. The second kappa shape index (κ2) is 7.62. The number of likely N-dealkylation sites (N-methyl/N-ethyl adjacent to an activating group) is 1. The number of hydrogen-bond acceptors (Lipinski definition) is 4. The summed E-state index contributed by atoms with van der Waals surface area (Å²) in [5, 5.41) is 0. The fraction of sp³-hybridized carbons (Fsp3) is 0.417. The minimum Gasteiger partial charge on any atom is -0.314 e. The van der Waals surface area contributed by atoms with Gasteiger partial charge in [0.25, 0.3) is 0 Å². The van der Waals surface area contributed by atoms with Crippen molar-refractivity contribution in [2.45, 2.75) is 25.7 Å². The van der Waals surface area contributed by atoms with Gasteiger partial charge in [0.1, 0.15) is 5.69 Å². The number of piperazine rings is 1. The van der Waals surface area contributed by atoms with E-state index in [0.717, 1.165) is 63.2 Å². The zero-order valence-electron chi connectivity index (χ0n) is 16.9. The highest BCUT2D eigenvalue weighted by atomic mass is 16.1. The molecule has 5 heteroatoms. The van der Waals surface area contributed by atoms with Crippen LogP contribution in [0, 0.1) is 11.8 Å². The molecule has 29 heavy (non-hydrogen) atoms. The maximum absolute atomic E-state index is 13.1. The molecule has 0 amide bonds. The van der Waals surface area contributed by atoms with Gasteiger partial charge in [0, 0.05) is 50.6 Å². The monoisotopic (exact) mass is 386 g/mol. The number of benzene rings is 1. The number of aryl methyl sites for hydroxylation is 2. The quantitative estimate of drug-likeness (QED) is 0.633. The second-order valence-corrected chi connectivity index (χ2v) is 8.23. The maximum Gasteiger partial charge on any atom is 0.210 e. The first-order valence-electron chi connectivity index (χ1n) is 10.5. The van der Waals surface area contributed by atoms with E-state index in [9.17, 15) is 4.79 Å². The van der Waals surface area contributed by atoms with Gasteiger partial charge in [0.15, 0.2) is 0 Å². The third-order valence-corrected chi connectivity index (χ3v) is 6.27. The van der Waals surface area contributed by atoms with Crippen molar-refractivity contribution in [1.82, 2.24) is 19.2 Å². The zero-order chi connectivity index (χ0) is 19.8. The molecule has 0 bridgehead atoms. The van der Waals surface area contributed by atoms with Gasteiger partial charge in [-0.15, -0.1) is 0 Å². The molecular formula is C24H26N4O.